The molecule has 0 spiro atoms. The quantitative estimate of drug-likeness (QED) is 0.826. The van der Waals surface area contributed by atoms with E-state index in [1.54, 1.807) is 0 Å². The predicted molar refractivity (Wildman–Crippen MR) is 76.7 cm³/mol. The van der Waals surface area contributed by atoms with Crippen molar-refractivity contribution in [1.82, 2.24) is 9.88 Å². The smallest absolute Gasteiger partial charge is 0.120 e. The number of hydrogen-bond donors (Lipinski definition) is 2. The molecule has 1 aromatic heterocycles. The Morgan fingerprint density at radius 1 is 1.53 bits per heavy atom. The van der Waals surface area contributed by atoms with Crippen molar-refractivity contribution >= 4 is 0 Å². The van der Waals surface area contributed by atoms with Crippen LogP contribution in [0.4, 0.5) is 0 Å². The largest absolute Gasteiger partial charge is 0.389 e. The molecule has 19 heavy (non-hydrogen) atoms. The van der Waals surface area contributed by atoms with Crippen LogP contribution in [0.2, 0.25) is 0 Å². The van der Waals surface area contributed by atoms with Gasteiger partial charge in [0.25, 0.3) is 0 Å². The van der Waals surface area contributed by atoms with E-state index in [9.17, 15) is 5.11 Å². The van der Waals surface area contributed by atoms with Crippen LogP contribution in [-0.4, -0.2) is 21.8 Å². The summed E-state index contributed by atoms with van der Waals surface area (Å²) in [7, 11) is 1.90. The van der Waals surface area contributed by atoms with Gasteiger partial charge in [-0.25, -0.2) is 0 Å². The third kappa shape index (κ3) is 4.38. The zero-order valence-electron chi connectivity index (χ0n) is 12.6. The highest BCUT2D eigenvalue weighted by Crippen LogP contribution is 2.16. The van der Waals surface area contributed by atoms with Gasteiger partial charge >= 0.3 is 0 Å². The maximum atomic E-state index is 10.2. The topological polar surface area (TPSA) is 61.0 Å². The van der Waals surface area contributed by atoms with Gasteiger partial charge in [-0.15, -0.1) is 0 Å². The Bertz CT molecular complexity index is 466. The van der Waals surface area contributed by atoms with Gasteiger partial charge in [0.1, 0.15) is 11.8 Å². The van der Waals surface area contributed by atoms with E-state index in [1.165, 1.54) is 0 Å². The lowest BCUT2D eigenvalue weighted by molar-refractivity contribution is 0.0383. The van der Waals surface area contributed by atoms with Gasteiger partial charge in [-0.05, 0) is 37.8 Å². The van der Waals surface area contributed by atoms with Crippen LogP contribution in [0.5, 0.6) is 0 Å². The standard InChI is InChI=1S/C15H25N3O/c1-11(2)7-15(4,19)10-17-9-13-6-14(8-16)18(5)12(13)3/h6,11,17,19H,7,9-10H2,1-5H3. The Hall–Kier alpha value is -1.31. The second-order valence-electron chi connectivity index (χ2n) is 6.01. The van der Waals surface area contributed by atoms with Gasteiger partial charge in [0.2, 0.25) is 0 Å². The molecular formula is C15H25N3O. The van der Waals surface area contributed by atoms with Gasteiger partial charge in [0, 0.05) is 25.8 Å². The maximum absolute atomic E-state index is 10.2. The molecule has 1 aromatic rings. The Morgan fingerprint density at radius 2 is 2.16 bits per heavy atom. The fourth-order valence-corrected chi connectivity index (χ4v) is 2.47. The van der Waals surface area contributed by atoms with Crippen LogP contribution >= 0.6 is 0 Å². The molecule has 0 saturated carbocycles. The van der Waals surface area contributed by atoms with Crippen molar-refractivity contribution < 1.29 is 5.11 Å². The molecule has 0 aliphatic rings. The molecule has 106 valence electrons. The lowest BCUT2D eigenvalue weighted by Crippen LogP contribution is -2.38. The number of aliphatic hydroxyl groups is 1. The number of aromatic nitrogens is 1. The summed E-state index contributed by atoms with van der Waals surface area (Å²) in [4.78, 5) is 0. The number of nitriles is 1. The Labute approximate surface area is 116 Å². The minimum Gasteiger partial charge on any atom is -0.389 e. The monoisotopic (exact) mass is 263 g/mol. The van der Waals surface area contributed by atoms with Gasteiger partial charge in [0.15, 0.2) is 0 Å². The van der Waals surface area contributed by atoms with Gasteiger partial charge in [-0.3, -0.25) is 0 Å². The lowest BCUT2D eigenvalue weighted by atomic mass is 9.94. The molecule has 0 bridgehead atoms. The zero-order valence-corrected chi connectivity index (χ0v) is 12.6. The van der Waals surface area contributed by atoms with Gasteiger partial charge in [0.05, 0.1) is 5.60 Å². The van der Waals surface area contributed by atoms with Crippen LogP contribution in [0, 0.1) is 24.2 Å². The van der Waals surface area contributed by atoms with Crippen molar-refractivity contribution in [3.8, 4) is 6.07 Å². The normalized spacial score (nSPS) is 14.4. The SMILES string of the molecule is Cc1c(CNCC(C)(O)CC(C)C)cc(C#N)n1C. The molecule has 1 rings (SSSR count). The van der Waals surface area contributed by atoms with Crippen LogP contribution in [0.3, 0.4) is 0 Å². The molecule has 0 fully saturated rings. The molecule has 0 saturated heterocycles. The molecule has 0 aliphatic carbocycles. The summed E-state index contributed by atoms with van der Waals surface area (Å²) in [6.07, 6.45) is 0.775. The average Bonchev–Trinajstić information content (AvgIpc) is 2.55. The van der Waals surface area contributed by atoms with Crippen molar-refractivity contribution in [1.29, 1.82) is 5.26 Å². The maximum Gasteiger partial charge on any atom is 0.120 e. The first-order valence-corrected chi connectivity index (χ1v) is 6.75. The highest BCUT2D eigenvalue weighted by atomic mass is 16.3. The molecule has 0 aliphatic heterocycles. The lowest BCUT2D eigenvalue weighted by Gasteiger charge is -2.25. The number of nitrogens with zero attached hydrogens (tertiary/aromatic N) is 2. The number of rotatable bonds is 6. The molecule has 4 heteroatoms. The molecule has 0 amide bonds. The van der Waals surface area contributed by atoms with Crippen molar-refractivity contribution in [3.63, 3.8) is 0 Å². The third-order valence-corrected chi connectivity index (χ3v) is 3.42. The van der Waals surface area contributed by atoms with Crippen LogP contribution in [0.15, 0.2) is 6.07 Å². The van der Waals surface area contributed by atoms with Crippen LogP contribution in [-0.2, 0) is 13.6 Å². The predicted octanol–water partition coefficient (Wildman–Crippen LogP) is 2.09. The van der Waals surface area contributed by atoms with Gasteiger partial charge in [-0.1, -0.05) is 13.8 Å². The number of nitrogens with one attached hydrogen (secondary N) is 1. The average molecular weight is 263 g/mol. The molecular weight excluding hydrogens is 238 g/mol. The summed E-state index contributed by atoms with van der Waals surface area (Å²) in [5, 5.41) is 22.5. The molecule has 1 unspecified atom stereocenters. The van der Waals surface area contributed by atoms with E-state index in [2.05, 4.69) is 25.2 Å². The molecule has 0 radical (unpaired) electrons. The van der Waals surface area contributed by atoms with Crippen molar-refractivity contribution in [3.05, 3.63) is 23.0 Å². The first kappa shape index (κ1) is 15.7. The van der Waals surface area contributed by atoms with Crippen molar-refractivity contribution in [2.75, 3.05) is 6.54 Å². The molecule has 0 aromatic carbocycles. The van der Waals surface area contributed by atoms with Crippen LogP contribution < -0.4 is 5.32 Å². The first-order valence-electron chi connectivity index (χ1n) is 6.75. The summed E-state index contributed by atoms with van der Waals surface area (Å²) < 4.78 is 1.89. The third-order valence-electron chi connectivity index (χ3n) is 3.42. The van der Waals surface area contributed by atoms with Gasteiger partial charge in [-0.2, -0.15) is 5.26 Å². The van der Waals surface area contributed by atoms with E-state index < -0.39 is 5.60 Å². The second-order valence-corrected chi connectivity index (χ2v) is 6.01. The van der Waals surface area contributed by atoms with E-state index in [-0.39, 0.29) is 0 Å². The highest BCUT2D eigenvalue weighted by molar-refractivity contribution is 5.34. The molecule has 4 nitrogen and oxygen atoms in total. The molecule has 2 N–H and O–H groups in total. The first-order chi connectivity index (χ1) is 8.76. The van der Waals surface area contributed by atoms with E-state index in [0.717, 1.165) is 17.7 Å². The van der Waals surface area contributed by atoms with Gasteiger partial charge < -0.3 is 15.0 Å². The Kier molecular flexibility index (Phi) is 5.16. The summed E-state index contributed by atoms with van der Waals surface area (Å²) in [6.45, 7) is 9.31. The summed E-state index contributed by atoms with van der Waals surface area (Å²) >= 11 is 0. The fourth-order valence-electron chi connectivity index (χ4n) is 2.47. The highest BCUT2D eigenvalue weighted by Gasteiger charge is 2.21. The van der Waals surface area contributed by atoms with E-state index in [4.69, 9.17) is 5.26 Å². The second kappa shape index (κ2) is 6.23. The van der Waals surface area contributed by atoms with E-state index in [0.29, 0.717) is 24.7 Å². The summed E-state index contributed by atoms with van der Waals surface area (Å²) in [5.74, 6) is 0.473. The Morgan fingerprint density at radius 3 is 2.63 bits per heavy atom. The minimum absolute atomic E-state index is 0.473. The Balaban J connectivity index is 2.57. The van der Waals surface area contributed by atoms with Crippen LogP contribution in [0.1, 0.15) is 44.1 Å². The molecule has 1 heterocycles. The van der Waals surface area contributed by atoms with Crippen molar-refractivity contribution in [2.45, 2.75) is 46.3 Å². The molecule has 1 atom stereocenters. The van der Waals surface area contributed by atoms with E-state index >= 15 is 0 Å². The number of hydrogen-bond acceptors (Lipinski definition) is 3. The van der Waals surface area contributed by atoms with E-state index in [1.807, 2.05) is 31.5 Å². The zero-order chi connectivity index (χ0) is 14.6. The van der Waals surface area contributed by atoms with Crippen molar-refractivity contribution in [2.24, 2.45) is 13.0 Å². The van der Waals surface area contributed by atoms with Crippen LogP contribution in [0.25, 0.3) is 0 Å². The summed E-state index contributed by atoms with van der Waals surface area (Å²) in [6, 6.07) is 4.08. The fraction of sp³-hybridized carbons (Fsp3) is 0.667. The summed E-state index contributed by atoms with van der Waals surface area (Å²) in [5.41, 5.74) is 2.18. The minimum atomic E-state index is -0.686.